The molecule has 51 heavy (non-hydrogen) atoms. The summed E-state index contributed by atoms with van der Waals surface area (Å²) in [5.74, 6) is -6.62. The van der Waals surface area contributed by atoms with E-state index in [1.165, 1.54) is 19.2 Å². The van der Waals surface area contributed by atoms with Crippen LogP contribution in [0.15, 0.2) is 54.7 Å². The number of carboxylic acids is 1. The van der Waals surface area contributed by atoms with Gasteiger partial charge >= 0.3 is 5.97 Å². The van der Waals surface area contributed by atoms with Gasteiger partial charge in [0, 0.05) is 48.4 Å². The highest BCUT2D eigenvalue weighted by Crippen LogP contribution is 2.21. The van der Waals surface area contributed by atoms with Crippen LogP contribution >= 0.6 is 0 Å². The molecule has 1 aromatic heterocycles. The topological polar surface area (TPSA) is 243 Å². The molecule has 270 valence electrons. The van der Waals surface area contributed by atoms with Crippen molar-refractivity contribution in [1.29, 1.82) is 5.41 Å². The van der Waals surface area contributed by atoms with Gasteiger partial charge in [-0.3, -0.25) is 33.6 Å². The molecular weight excluding hydrogens is 660 g/mol. The van der Waals surface area contributed by atoms with Crippen molar-refractivity contribution in [3.63, 3.8) is 0 Å². The molecule has 0 spiro atoms. The zero-order valence-electron chi connectivity index (χ0n) is 28.7. The summed E-state index contributed by atoms with van der Waals surface area (Å²) in [5.41, 5.74) is 2.59. The first-order valence-electron chi connectivity index (χ1n) is 16.3. The molecule has 2 aromatic carbocycles. The van der Waals surface area contributed by atoms with Gasteiger partial charge in [0.2, 0.25) is 29.5 Å². The van der Waals surface area contributed by atoms with E-state index >= 15 is 0 Å². The molecule has 6 amide bonds. The van der Waals surface area contributed by atoms with Gasteiger partial charge in [0.05, 0.1) is 13.0 Å². The molecule has 8 N–H and O–H groups in total. The maximum Gasteiger partial charge on any atom is 0.305 e. The summed E-state index contributed by atoms with van der Waals surface area (Å²) in [6.45, 7) is 3.88. The van der Waals surface area contributed by atoms with Crippen molar-refractivity contribution < 1.29 is 38.7 Å². The number of aromatic amines is 1. The fourth-order valence-corrected chi connectivity index (χ4v) is 5.86. The molecule has 1 aliphatic heterocycles. The van der Waals surface area contributed by atoms with Crippen LogP contribution in [0.3, 0.4) is 0 Å². The van der Waals surface area contributed by atoms with E-state index in [0.717, 1.165) is 15.8 Å². The maximum absolute atomic E-state index is 14.2. The Morgan fingerprint density at radius 2 is 1.55 bits per heavy atom. The fourth-order valence-electron chi connectivity index (χ4n) is 5.86. The molecule has 16 heteroatoms. The van der Waals surface area contributed by atoms with Crippen molar-refractivity contribution >= 4 is 58.0 Å². The minimum Gasteiger partial charge on any atom is -0.481 e. The number of para-hydroxylation sites is 1. The van der Waals surface area contributed by atoms with Crippen LogP contribution in [0.1, 0.15) is 48.7 Å². The van der Waals surface area contributed by atoms with Gasteiger partial charge in [-0.15, -0.1) is 0 Å². The van der Waals surface area contributed by atoms with E-state index in [1.54, 1.807) is 39.1 Å². The lowest BCUT2D eigenvalue weighted by molar-refractivity contribution is -0.144. The molecule has 1 aliphatic rings. The Kier molecular flexibility index (Phi) is 12.3. The van der Waals surface area contributed by atoms with E-state index in [9.17, 15) is 38.7 Å². The van der Waals surface area contributed by atoms with Crippen LogP contribution in [-0.2, 0) is 35.2 Å². The zero-order valence-corrected chi connectivity index (χ0v) is 28.7. The van der Waals surface area contributed by atoms with Crippen LogP contribution in [0.5, 0.6) is 0 Å². The summed E-state index contributed by atoms with van der Waals surface area (Å²) in [6.07, 6.45) is 0.815. The molecule has 1 fully saturated rings. The molecule has 0 bridgehead atoms. The summed E-state index contributed by atoms with van der Waals surface area (Å²) in [6, 6.07) is 8.02. The van der Waals surface area contributed by atoms with Crippen LogP contribution in [0, 0.1) is 11.3 Å². The highest BCUT2D eigenvalue weighted by Gasteiger charge is 2.38. The second-order valence-corrected chi connectivity index (χ2v) is 12.7. The average molecular weight is 703 g/mol. The molecule has 16 nitrogen and oxygen atoms in total. The minimum absolute atomic E-state index is 0.0475. The Balaban J connectivity index is 1.67. The third kappa shape index (κ3) is 9.55. The number of carbonyl (C=O) groups is 7. The number of aromatic nitrogens is 1. The number of likely N-dealkylation sites (N-methyl/N-ethyl adjacent to an activating group) is 1. The molecule has 0 saturated carbocycles. The minimum atomic E-state index is -1.61. The average Bonchev–Trinajstić information content (AvgIpc) is 3.49. The van der Waals surface area contributed by atoms with Crippen LogP contribution < -0.4 is 26.6 Å². The van der Waals surface area contributed by atoms with E-state index in [-0.39, 0.29) is 12.0 Å². The molecule has 0 radical (unpaired) electrons. The van der Waals surface area contributed by atoms with Gasteiger partial charge in [-0.25, -0.2) is 0 Å². The number of hydrogen-bond acceptors (Lipinski definition) is 8. The van der Waals surface area contributed by atoms with E-state index < -0.39 is 91.0 Å². The summed E-state index contributed by atoms with van der Waals surface area (Å²) < 4.78 is 0. The molecule has 4 rings (SSSR count). The normalized spacial score (nSPS) is 20.8. The number of fused-ring (bicyclic) bond motifs is 1. The van der Waals surface area contributed by atoms with Gasteiger partial charge in [0.1, 0.15) is 24.2 Å². The maximum atomic E-state index is 14.2. The number of amides is 6. The quantitative estimate of drug-likeness (QED) is 0.142. The second-order valence-electron chi connectivity index (χ2n) is 12.7. The lowest BCUT2D eigenvalue weighted by Crippen LogP contribution is -2.60. The standard InChI is InChI=1S/C35H42N8O8/c1-18(2)30-34(50)42-27(16-38-31(47)21-11-9-20(10-12-21)19(3)36)32(48)39-17-28(44)40-25(14-29(45)46)33(49)41-26(35(51)43(30)4)13-22-15-37-24-8-6-5-7-23(22)24/h5-12,15,18,25-27,30,36-37H,13-14,16-17H2,1-4H3,(H,38,47)(H,39,48)(H,40,44)(H,41,49)(H,42,50)(H,45,46). The van der Waals surface area contributed by atoms with Gasteiger partial charge in [0.25, 0.3) is 5.91 Å². The van der Waals surface area contributed by atoms with Crippen molar-refractivity contribution in [2.24, 2.45) is 5.92 Å². The first-order valence-corrected chi connectivity index (χ1v) is 16.3. The van der Waals surface area contributed by atoms with E-state index in [0.29, 0.717) is 16.8 Å². The Hall–Kier alpha value is -6.06. The van der Waals surface area contributed by atoms with Crippen molar-refractivity contribution in [2.75, 3.05) is 20.1 Å². The molecule has 4 unspecified atom stereocenters. The first-order chi connectivity index (χ1) is 24.2. The number of carbonyl (C=O) groups excluding carboxylic acids is 6. The van der Waals surface area contributed by atoms with Crippen molar-refractivity contribution in [3.8, 4) is 0 Å². The summed E-state index contributed by atoms with van der Waals surface area (Å²) in [7, 11) is 1.38. The Labute approximate surface area is 293 Å². The first kappa shape index (κ1) is 37.8. The number of benzene rings is 2. The van der Waals surface area contributed by atoms with Gasteiger partial charge < -0.3 is 47.0 Å². The fraction of sp³-hybridized carbons (Fsp3) is 0.371. The number of rotatable bonds is 9. The largest absolute Gasteiger partial charge is 0.481 e. The number of H-pyrrole nitrogens is 1. The Bertz CT molecular complexity index is 1840. The van der Waals surface area contributed by atoms with Crippen LogP contribution in [-0.4, -0.2) is 106 Å². The highest BCUT2D eigenvalue weighted by atomic mass is 16.4. The van der Waals surface area contributed by atoms with Crippen molar-refractivity contribution in [2.45, 2.75) is 57.8 Å². The Morgan fingerprint density at radius 3 is 2.20 bits per heavy atom. The van der Waals surface area contributed by atoms with Crippen LogP contribution in [0.4, 0.5) is 0 Å². The SMILES string of the molecule is CC(=N)c1ccc(C(=O)NCC2NC(=O)C(C(C)C)N(C)C(=O)C(Cc3c[nH]c4ccccc34)NC(=O)C(CC(=O)O)NC(=O)CNC2=O)cc1. The predicted molar refractivity (Wildman–Crippen MR) is 186 cm³/mol. The van der Waals surface area contributed by atoms with Crippen molar-refractivity contribution in [1.82, 2.24) is 36.5 Å². The smallest absolute Gasteiger partial charge is 0.305 e. The van der Waals surface area contributed by atoms with E-state index in [2.05, 4.69) is 31.6 Å². The molecule has 0 aliphatic carbocycles. The van der Waals surface area contributed by atoms with E-state index in [4.69, 9.17) is 5.41 Å². The monoisotopic (exact) mass is 702 g/mol. The molecule has 3 aromatic rings. The lowest BCUT2D eigenvalue weighted by Gasteiger charge is -2.34. The predicted octanol–water partition coefficient (Wildman–Crippen LogP) is 0.0701. The Morgan fingerprint density at radius 1 is 0.902 bits per heavy atom. The summed E-state index contributed by atoms with van der Waals surface area (Å²) in [4.78, 5) is 96.8. The summed E-state index contributed by atoms with van der Waals surface area (Å²) >= 11 is 0. The number of nitrogens with zero attached hydrogens (tertiary/aromatic N) is 1. The van der Waals surface area contributed by atoms with Crippen LogP contribution in [0.25, 0.3) is 10.9 Å². The van der Waals surface area contributed by atoms with Gasteiger partial charge in [0.15, 0.2) is 0 Å². The molecule has 2 heterocycles. The molecule has 1 saturated heterocycles. The van der Waals surface area contributed by atoms with Crippen LogP contribution in [0.2, 0.25) is 0 Å². The second kappa shape index (κ2) is 16.6. The number of carboxylic acid groups (broad SMARTS) is 1. The van der Waals surface area contributed by atoms with Gasteiger partial charge in [-0.05, 0) is 42.2 Å². The third-order valence-electron chi connectivity index (χ3n) is 8.51. The number of aliphatic carboxylic acids is 1. The number of hydrogen-bond donors (Lipinski definition) is 8. The highest BCUT2D eigenvalue weighted by molar-refractivity contribution is 6.00. The molecular formula is C35H42N8O8. The van der Waals surface area contributed by atoms with E-state index in [1.807, 2.05) is 24.3 Å². The number of nitrogens with one attached hydrogen (secondary N) is 7. The molecule has 4 atom stereocenters. The van der Waals surface area contributed by atoms with Gasteiger partial charge in [-0.2, -0.15) is 0 Å². The zero-order chi connectivity index (χ0) is 37.4. The third-order valence-corrected chi connectivity index (χ3v) is 8.51. The van der Waals surface area contributed by atoms with Gasteiger partial charge in [-0.1, -0.05) is 44.2 Å². The van der Waals surface area contributed by atoms with Crippen molar-refractivity contribution in [3.05, 3.63) is 71.4 Å². The lowest BCUT2D eigenvalue weighted by atomic mass is 9.98. The summed E-state index contributed by atoms with van der Waals surface area (Å²) in [5, 5.41) is 30.5.